The molecule has 1 aromatic carbocycles. The van der Waals surface area contributed by atoms with Gasteiger partial charge in [-0.1, -0.05) is 0 Å². The Morgan fingerprint density at radius 1 is 1.13 bits per heavy atom. The molecule has 0 aliphatic heterocycles. The highest BCUT2D eigenvalue weighted by molar-refractivity contribution is 5.97. The van der Waals surface area contributed by atoms with E-state index in [0.29, 0.717) is 53.6 Å². The number of benzene rings is 1. The van der Waals surface area contributed by atoms with Gasteiger partial charge in [0.2, 0.25) is 5.95 Å². The third-order valence-electron chi connectivity index (χ3n) is 5.09. The fraction of sp³-hybridized carbons (Fsp3) is 0.238. The number of carbonyl (C=O) groups excluding carboxylic acids is 1. The second-order valence-electron chi connectivity index (χ2n) is 7.39. The number of nitrogens with zero attached hydrogens (tertiary/aromatic N) is 5. The fourth-order valence-electron chi connectivity index (χ4n) is 3.32. The number of rotatable bonds is 5. The molecule has 156 valence electrons. The van der Waals surface area contributed by atoms with Gasteiger partial charge in [-0.3, -0.25) is 5.32 Å². The number of amides is 2. The summed E-state index contributed by atoms with van der Waals surface area (Å²) in [4.78, 5) is 37.0. The average molecular weight is 416 g/mol. The second kappa shape index (κ2) is 7.40. The van der Waals surface area contributed by atoms with Crippen LogP contribution in [0.15, 0.2) is 43.0 Å². The summed E-state index contributed by atoms with van der Waals surface area (Å²) in [6, 6.07) is 5.22. The van der Waals surface area contributed by atoms with E-state index < -0.39 is 5.60 Å². The summed E-state index contributed by atoms with van der Waals surface area (Å²) < 4.78 is 0. The van der Waals surface area contributed by atoms with Crippen LogP contribution in [0.1, 0.15) is 25.6 Å². The molecule has 10 heteroatoms. The maximum Gasteiger partial charge on any atom is 0.321 e. The summed E-state index contributed by atoms with van der Waals surface area (Å²) in [5.41, 5.74) is 2.77. The highest BCUT2D eigenvalue weighted by atomic mass is 16.3. The van der Waals surface area contributed by atoms with Crippen LogP contribution in [0.5, 0.6) is 0 Å². The molecule has 1 aliphatic rings. The van der Waals surface area contributed by atoms with Gasteiger partial charge in [0.25, 0.3) is 0 Å². The zero-order valence-electron chi connectivity index (χ0n) is 16.8. The van der Waals surface area contributed by atoms with Gasteiger partial charge in [0, 0.05) is 42.5 Å². The van der Waals surface area contributed by atoms with Crippen molar-refractivity contribution in [3.63, 3.8) is 0 Å². The standard InChI is InChI=1S/C21H20N8O2/c1-2-22-20(30)29-19-27-15-9-12(13-10-25-18(26-11-13)21(31)4-5-21)8-14(16(15)28-19)17-23-6-3-7-24-17/h3,6-11,31H,2,4-5H2,1H3,(H3,22,27,28,29,30). The average Bonchev–Trinajstić information content (AvgIpc) is 3.41. The third kappa shape index (κ3) is 3.68. The van der Waals surface area contributed by atoms with Crippen molar-refractivity contribution in [1.82, 2.24) is 35.2 Å². The first-order valence-electron chi connectivity index (χ1n) is 9.97. The first-order chi connectivity index (χ1) is 15.1. The SMILES string of the molecule is CCNC(=O)Nc1nc2c(-c3ncccn3)cc(-c3cnc(C4(O)CC4)nc3)cc2[nH]1. The number of H-pyrrole nitrogens is 1. The highest BCUT2D eigenvalue weighted by Gasteiger charge is 2.45. The lowest BCUT2D eigenvalue weighted by Gasteiger charge is -2.08. The molecule has 5 rings (SSSR count). The van der Waals surface area contributed by atoms with Crippen LogP contribution in [0.3, 0.4) is 0 Å². The number of hydrogen-bond donors (Lipinski definition) is 4. The van der Waals surface area contributed by atoms with Gasteiger partial charge in [0.1, 0.15) is 11.1 Å². The van der Waals surface area contributed by atoms with Crippen molar-refractivity contribution in [3.05, 3.63) is 48.8 Å². The Bertz CT molecular complexity index is 1250. The summed E-state index contributed by atoms with van der Waals surface area (Å²) >= 11 is 0. The Kier molecular flexibility index (Phi) is 4.55. The van der Waals surface area contributed by atoms with Gasteiger partial charge in [-0.2, -0.15) is 0 Å². The number of carbonyl (C=O) groups is 1. The van der Waals surface area contributed by atoms with Gasteiger partial charge in [-0.15, -0.1) is 0 Å². The molecule has 0 spiro atoms. The molecule has 4 N–H and O–H groups in total. The number of imidazole rings is 1. The predicted molar refractivity (Wildman–Crippen MR) is 114 cm³/mol. The smallest absolute Gasteiger partial charge is 0.321 e. The van der Waals surface area contributed by atoms with E-state index in [9.17, 15) is 9.90 Å². The van der Waals surface area contributed by atoms with Crippen LogP contribution in [0.2, 0.25) is 0 Å². The monoisotopic (exact) mass is 416 g/mol. The highest BCUT2D eigenvalue weighted by Crippen LogP contribution is 2.43. The van der Waals surface area contributed by atoms with Gasteiger partial charge >= 0.3 is 6.03 Å². The number of aliphatic hydroxyl groups is 1. The molecule has 1 fully saturated rings. The van der Waals surface area contributed by atoms with Crippen molar-refractivity contribution in [2.75, 3.05) is 11.9 Å². The van der Waals surface area contributed by atoms with Crippen LogP contribution in [-0.2, 0) is 5.60 Å². The number of urea groups is 1. The van der Waals surface area contributed by atoms with Crippen molar-refractivity contribution in [2.45, 2.75) is 25.4 Å². The van der Waals surface area contributed by atoms with Crippen molar-refractivity contribution < 1.29 is 9.90 Å². The summed E-state index contributed by atoms with van der Waals surface area (Å²) in [5.74, 6) is 1.27. The van der Waals surface area contributed by atoms with Crippen LogP contribution in [-0.4, -0.2) is 47.6 Å². The lowest BCUT2D eigenvalue weighted by atomic mass is 10.0. The lowest BCUT2D eigenvalue weighted by Crippen LogP contribution is -2.28. The Labute approximate surface area is 177 Å². The molecule has 0 bridgehead atoms. The minimum atomic E-state index is -0.880. The van der Waals surface area contributed by atoms with Crippen molar-refractivity contribution >= 4 is 23.0 Å². The van der Waals surface area contributed by atoms with Gasteiger partial charge in [0.05, 0.1) is 5.52 Å². The van der Waals surface area contributed by atoms with Crippen LogP contribution in [0, 0.1) is 0 Å². The van der Waals surface area contributed by atoms with Gasteiger partial charge in [0.15, 0.2) is 11.6 Å². The van der Waals surface area contributed by atoms with Gasteiger partial charge in [-0.25, -0.2) is 29.7 Å². The number of hydrogen-bond acceptors (Lipinski definition) is 7. The molecule has 2 amide bonds. The molecular weight excluding hydrogens is 396 g/mol. The zero-order valence-corrected chi connectivity index (χ0v) is 16.8. The number of nitrogens with one attached hydrogen (secondary N) is 3. The second-order valence-corrected chi connectivity index (χ2v) is 7.39. The molecule has 0 radical (unpaired) electrons. The van der Waals surface area contributed by atoms with Crippen LogP contribution >= 0.6 is 0 Å². The van der Waals surface area contributed by atoms with E-state index in [4.69, 9.17) is 0 Å². The molecular formula is C21H20N8O2. The number of aromatic nitrogens is 6. The lowest BCUT2D eigenvalue weighted by molar-refractivity contribution is 0.141. The van der Waals surface area contributed by atoms with E-state index in [-0.39, 0.29) is 6.03 Å². The molecule has 0 atom stereocenters. The fourth-order valence-corrected chi connectivity index (χ4v) is 3.32. The molecule has 3 heterocycles. The van der Waals surface area contributed by atoms with Crippen molar-refractivity contribution in [1.29, 1.82) is 0 Å². The Morgan fingerprint density at radius 2 is 1.87 bits per heavy atom. The minimum Gasteiger partial charge on any atom is -0.382 e. The van der Waals surface area contributed by atoms with Gasteiger partial charge in [-0.05, 0) is 43.5 Å². The maximum absolute atomic E-state index is 11.9. The predicted octanol–water partition coefficient (Wildman–Crippen LogP) is 2.60. The molecule has 31 heavy (non-hydrogen) atoms. The first kappa shape index (κ1) is 19.1. The van der Waals surface area contributed by atoms with E-state index in [0.717, 1.165) is 11.1 Å². The largest absolute Gasteiger partial charge is 0.382 e. The van der Waals surface area contributed by atoms with Crippen LogP contribution < -0.4 is 10.6 Å². The van der Waals surface area contributed by atoms with Gasteiger partial charge < -0.3 is 15.4 Å². The molecule has 0 unspecified atom stereocenters. The first-order valence-corrected chi connectivity index (χ1v) is 9.97. The quantitative estimate of drug-likeness (QED) is 0.392. The molecule has 4 aromatic rings. The van der Waals surface area contributed by atoms with Crippen molar-refractivity contribution in [3.8, 4) is 22.5 Å². The summed E-state index contributed by atoms with van der Waals surface area (Å²) in [7, 11) is 0. The number of fused-ring (bicyclic) bond motifs is 1. The van der Waals surface area contributed by atoms with E-state index >= 15 is 0 Å². The Hall–Kier alpha value is -3.92. The topological polar surface area (TPSA) is 142 Å². The van der Waals surface area contributed by atoms with Crippen molar-refractivity contribution in [2.24, 2.45) is 0 Å². The molecule has 3 aromatic heterocycles. The molecule has 10 nitrogen and oxygen atoms in total. The Balaban J connectivity index is 1.59. The molecule has 1 saturated carbocycles. The number of aromatic amines is 1. The molecule has 0 saturated heterocycles. The minimum absolute atomic E-state index is 0.317. The zero-order chi connectivity index (χ0) is 21.4. The van der Waals surface area contributed by atoms with Crippen LogP contribution in [0.25, 0.3) is 33.5 Å². The third-order valence-corrected chi connectivity index (χ3v) is 5.09. The maximum atomic E-state index is 11.9. The van der Waals surface area contributed by atoms with Crippen LogP contribution in [0.4, 0.5) is 10.7 Å². The molecule has 1 aliphatic carbocycles. The van der Waals surface area contributed by atoms with E-state index in [2.05, 4.69) is 40.5 Å². The summed E-state index contributed by atoms with van der Waals surface area (Å²) in [6.45, 7) is 2.34. The summed E-state index contributed by atoms with van der Waals surface area (Å²) in [6.07, 6.45) is 8.08. The van der Waals surface area contributed by atoms with E-state index in [1.165, 1.54) is 0 Å². The van der Waals surface area contributed by atoms with E-state index in [1.54, 1.807) is 30.9 Å². The van der Waals surface area contributed by atoms with E-state index in [1.807, 2.05) is 19.1 Å². The number of anilines is 1. The summed E-state index contributed by atoms with van der Waals surface area (Å²) in [5, 5.41) is 15.6. The Morgan fingerprint density at radius 3 is 2.55 bits per heavy atom. The normalized spacial score (nSPS) is 14.4.